The van der Waals surface area contributed by atoms with Crippen LogP contribution in [0.3, 0.4) is 0 Å². The monoisotopic (exact) mass is 396 g/mol. The predicted molar refractivity (Wildman–Crippen MR) is 97.2 cm³/mol. The summed E-state index contributed by atoms with van der Waals surface area (Å²) < 4.78 is 33.0. The van der Waals surface area contributed by atoms with Crippen molar-refractivity contribution < 1.29 is 27.9 Å². The molecule has 1 aromatic rings. The number of methoxy groups -OCH3 is 1. The van der Waals surface area contributed by atoms with E-state index in [0.29, 0.717) is 12.8 Å². The summed E-state index contributed by atoms with van der Waals surface area (Å²) in [7, 11) is -2.43. The van der Waals surface area contributed by atoms with Gasteiger partial charge in [-0.05, 0) is 50.8 Å². The molecule has 0 aromatic heterocycles. The number of carboxylic acids is 1. The van der Waals surface area contributed by atoms with Crippen molar-refractivity contribution in [1.82, 2.24) is 9.62 Å². The standard InChI is InChI=1S/C18H24N2O6S/c1-11-3-4-13(18(22)23)10-20(11)17(21)12-5-8-15(26-2)16(9-12)27(24,25)19-14-6-7-14/h5,8-9,11,13-14,19H,3-4,6-7,10H2,1-2H3,(H,22,23). The number of carboxylic acid groups (broad SMARTS) is 1. The van der Waals surface area contributed by atoms with Gasteiger partial charge in [-0.15, -0.1) is 0 Å². The fraction of sp³-hybridized carbons (Fsp3) is 0.556. The lowest BCUT2D eigenvalue weighted by atomic mass is 9.93. The fourth-order valence-electron chi connectivity index (χ4n) is 3.26. The van der Waals surface area contributed by atoms with Crippen LogP contribution in [0.25, 0.3) is 0 Å². The molecule has 2 aliphatic rings. The molecule has 2 N–H and O–H groups in total. The van der Waals surface area contributed by atoms with Gasteiger partial charge in [0.25, 0.3) is 5.91 Å². The molecule has 2 atom stereocenters. The zero-order valence-electron chi connectivity index (χ0n) is 15.3. The first-order chi connectivity index (χ1) is 12.7. The second-order valence-electron chi connectivity index (χ2n) is 7.18. The molecule has 1 aromatic carbocycles. The number of rotatable bonds is 6. The van der Waals surface area contributed by atoms with Crippen LogP contribution in [-0.2, 0) is 14.8 Å². The lowest BCUT2D eigenvalue weighted by Crippen LogP contribution is -2.47. The Balaban J connectivity index is 1.90. The highest BCUT2D eigenvalue weighted by molar-refractivity contribution is 7.89. The quantitative estimate of drug-likeness (QED) is 0.753. The molecule has 1 saturated heterocycles. The van der Waals surface area contributed by atoms with Crippen LogP contribution in [0.5, 0.6) is 5.75 Å². The number of likely N-dealkylation sites (tertiary alicyclic amines) is 1. The van der Waals surface area contributed by atoms with Gasteiger partial charge >= 0.3 is 5.97 Å². The average molecular weight is 396 g/mol. The highest BCUT2D eigenvalue weighted by Crippen LogP contribution is 2.30. The molecule has 27 heavy (non-hydrogen) atoms. The van der Waals surface area contributed by atoms with Crippen LogP contribution in [0.4, 0.5) is 0 Å². The van der Waals surface area contributed by atoms with Crippen molar-refractivity contribution in [1.29, 1.82) is 0 Å². The summed E-state index contributed by atoms with van der Waals surface area (Å²) in [5.74, 6) is -1.75. The summed E-state index contributed by atoms with van der Waals surface area (Å²) in [6.07, 6.45) is 2.70. The van der Waals surface area contributed by atoms with E-state index in [4.69, 9.17) is 4.74 Å². The number of benzene rings is 1. The Labute approximate surface area is 158 Å². The van der Waals surface area contributed by atoms with Crippen LogP contribution in [-0.4, -0.2) is 56.0 Å². The number of hydrogen-bond acceptors (Lipinski definition) is 5. The number of carbonyl (C=O) groups excluding carboxylic acids is 1. The highest BCUT2D eigenvalue weighted by Gasteiger charge is 2.34. The van der Waals surface area contributed by atoms with E-state index in [-0.39, 0.29) is 40.7 Å². The Kier molecular flexibility index (Phi) is 5.43. The van der Waals surface area contributed by atoms with Crippen LogP contribution >= 0.6 is 0 Å². The van der Waals surface area contributed by atoms with Gasteiger partial charge in [0.1, 0.15) is 10.6 Å². The molecule has 8 nitrogen and oxygen atoms in total. The summed E-state index contributed by atoms with van der Waals surface area (Å²) in [6, 6.07) is 4.09. The van der Waals surface area contributed by atoms with Crippen LogP contribution < -0.4 is 9.46 Å². The smallest absolute Gasteiger partial charge is 0.308 e. The predicted octanol–water partition coefficient (Wildman–Crippen LogP) is 1.46. The van der Waals surface area contributed by atoms with Gasteiger partial charge in [-0.1, -0.05) is 0 Å². The maximum absolute atomic E-state index is 13.0. The summed E-state index contributed by atoms with van der Waals surface area (Å²) in [5, 5.41) is 9.26. The minimum absolute atomic E-state index is 0.0718. The second-order valence-corrected chi connectivity index (χ2v) is 8.86. The maximum Gasteiger partial charge on any atom is 0.308 e. The number of nitrogens with one attached hydrogen (secondary N) is 1. The first-order valence-corrected chi connectivity index (χ1v) is 10.5. The Bertz CT molecular complexity index is 849. The topological polar surface area (TPSA) is 113 Å². The molecule has 1 aliphatic heterocycles. The average Bonchev–Trinajstić information content (AvgIpc) is 3.44. The first-order valence-electron chi connectivity index (χ1n) is 8.97. The van der Waals surface area contributed by atoms with Crippen molar-refractivity contribution in [3.05, 3.63) is 23.8 Å². The molecule has 148 valence electrons. The molecule has 1 amide bonds. The molecular weight excluding hydrogens is 372 g/mol. The molecule has 0 bridgehead atoms. The van der Waals surface area contributed by atoms with Crippen molar-refractivity contribution in [2.75, 3.05) is 13.7 Å². The van der Waals surface area contributed by atoms with E-state index < -0.39 is 21.9 Å². The van der Waals surface area contributed by atoms with Gasteiger partial charge in [0.15, 0.2) is 0 Å². The third-order valence-electron chi connectivity index (χ3n) is 5.09. The fourth-order valence-corrected chi connectivity index (χ4v) is 4.76. The third-order valence-corrected chi connectivity index (χ3v) is 6.63. The van der Waals surface area contributed by atoms with Crippen LogP contribution in [0.1, 0.15) is 43.0 Å². The van der Waals surface area contributed by atoms with E-state index in [9.17, 15) is 23.1 Å². The van der Waals surface area contributed by atoms with E-state index in [0.717, 1.165) is 12.8 Å². The molecule has 9 heteroatoms. The first kappa shape index (κ1) is 19.6. The van der Waals surface area contributed by atoms with Crippen LogP contribution in [0.2, 0.25) is 0 Å². The van der Waals surface area contributed by atoms with Gasteiger partial charge < -0.3 is 14.7 Å². The molecule has 1 heterocycles. The zero-order chi connectivity index (χ0) is 19.8. The van der Waals surface area contributed by atoms with Gasteiger partial charge in [0, 0.05) is 24.2 Å². The molecule has 1 aliphatic carbocycles. The van der Waals surface area contributed by atoms with Gasteiger partial charge in [0.05, 0.1) is 13.0 Å². The van der Waals surface area contributed by atoms with Crippen molar-refractivity contribution in [3.8, 4) is 5.75 Å². The molecule has 1 saturated carbocycles. The summed E-state index contributed by atoms with van der Waals surface area (Å²) in [6.45, 7) is 1.98. The van der Waals surface area contributed by atoms with Crippen LogP contribution in [0, 0.1) is 5.92 Å². The number of amides is 1. The van der Waals surface area contributed by atoms with E-state index in [1.54, 1.807) is 0 Å². The summed E-state index contributed by atoms with van der Waals surface area (Å²) >= 11 is 0. The van der Waals surface area contributed by atoms with Gasteiger partial charge in [-0.25, -0.2) is 13.1 Å². The van der Waals surface area contributed by atoms with E-state index in [1.165, 1.54) is 30.2 Å². The highest BCUT2D eigenvalue weighted by atomic mass is 32.2. The lowest BCUT2D eigenvalue weighted by Gasteiger charge is -2.36. The van der Waals surface area contributed by atoms with E-state index in [1.807, 2.05) is 6.92 Å². The van der Waals surface area contributed by atoms with Crippen molar-refractivity contribution in [2.45, 2.75) is 49.6 Å². The minimum atomic E-state index is -3.80. The number of carbonyl (C=O) groups is 2. The molecule has 0 spiro atoms. The van der Waals surface area contributed by atoms with Crippen molar-refractivity contribution >= 4 is 21.9 Å². The molecule has 0 radical (unpaired) electrons. The molecular formula is C18H24N2O6S. The number of sulfonamides is 1. The SMILES string of the molecule is COc1ccc(C(=O)N2CC(C(=O)O)CCC2C)cc1S(=O)(=O)NC1CC1. The Morgan fingerprint density at radius 3 is 2.52 bits per heavy atom. The zero-order valence-corrected chi connectivity index (χ0v) is 16.2. The Hall–Kier alpha value is -2.13. The van der Waals surface area contributed by atoms with E-state index >= 15 is 0 Å². The van der Waals surface area contributed by atoms with Crippen molar-refractivity contribution in [2.24, 2.45) is 5.92 Å². The molecule has 2 fully saturated rings. The maximum atomic E-state index is 13.0. The minimum Gasteiger partial charge on any atom is -0.495 e. The number of piperidine rings is 1. The molecule has 3 rings (SSSR count). The van der Waals surface area contributed by atoms with Gasteiger partial charge in [-0.3, -0.25) is 9.59 Å². The number of ether oxygens (including phenoxy) is 1. The number of hydrogen-bond donors (Lipinski definition) is 2. The normalized spacial score (nSPS) is 23.1. The van der Waals surface area contributed by atoms with E-state index in [2.05, 4.69) is 4.72 Å². The lowest BCUT2D eigenvalue weighted by molar-refractivity contribution is -0.143. The summed E-state index contributed by atoms with van der Waals surface area (Å²) in [5.41, 5.74) is 0.199. The summed E-state index contributed by atoms with van der Waals surface area (Å²) in [4.78, 5) is 25.7. The van der Waals surface area contributed by atoms with Gasteiger partial charge in [0.2, 0.25) is 10.0 Å². The Morgan fingerprint density at radius 1 is 1.22 bits per heavy atom. The van der Waals surface area contributed by atoms with Gasteiger partial charge in [-0.2, -0.15) is 0 Å². The van der Waals surface area contributed by atoms with Crippen LogP contribution in [0.15, 0.2) is 23.1 Å². The Morgan fingerprint density at radius 2 is 1.93 bits per heavy atom. The molecule has 2 unspecified atom stereocenters. The number of aliphatic carboxylic acids is 1. The van der Waals surface area contributed by atoms with Crippen molar-refractivity contribution in [3.63, 3.8) is 0 Å². The third kappa shape index (κ3) is 4.24. The largest absolute Gasteiger partial charge is 0.495 e. The second kappa shape index (κ2) is 7.47. The number of nitrogens with zero attached hydrogens (tertiary/aromatic N) is 1.